The summed E-state index contributed by atoms with van der Waals surface area (Å²) in [5.41, 5.74) is -5.45. The minimum Gasteiger partial charge on any atom is -0.516 e. The normalized spacial score (nSPS) is 13.5. The number of hydrogen-bond donors (Lipinski definition) is 0. The summed E-state index contributed by atoms with van der Waals surface area (Å²) in [6.45, 7) is -2.01. The maximum absolute atomic E-state index is 13.6. The van der Waals surface area contributed by atoms with Gasteiger partial charge in [-0.15, -0.1) is 0 Å². The first-order valence-electron chi connectivity index (χ1n) is 8.56. The SMILES string of the molecule is [B]C([B])([B])Oc1ccn2c(=O)c(-c3cnn(CC(F)(F)C(F)(F)F)c3)c(C(F)(F)F)nc2c1. The number of rotatable bonds is 5. The summed E-state index contributed by atoms with van der Waals surface area (Å²) in [6, 6.07) is 1.94. The van der Waals surface area contributed by atoms with Gasteiger partial charge < -0.3 is 4.74 Å². The van der Waals surface area contributed by atoms with E-state index in [-0.39, 0.29) is 10.4 Å². The predicted octanol–water partition coefficient (Wildman–Crippen LogP) is 2.27. The van der Waals surface area contributed by atoms with E-state index in [0.29, 0.717) is 16.8 Å². The van der Waals surface area contributed by atoms with Gasteiger partial charge in [0.1, 0.15) is 41.5 Å². The highest BCUT2D eigenvalue weighted by Crippen LogP contribution is 2.38. The quantitative estimate of drug-likeness (QED) is 0.423. The molecule has 6 nitrogen and oxygen atoms in total. The molecule has 6 radical (unpaired) electrons. The number of aromatic nitrogens is 4. The van der Waals surface area contributed by atoms with E-state index >= 15 is 0 Å². The standard InChI is InChI=1S/C16H7B3F8N4O2/c17-16(18,19)33-8-1-2-31-9(3-8)29-11(14(22,23)24)10(12(31)32)7-4-28-30(5-7)6-13(20,21)15(25,26)27/h1-5H,6H2. The molecular weight excluding hydrogens is 465 g/mol. The lowest BCUT2D eigenvalue weighted by molar-refractivity contribution is -0.287. The first-order chi connectivity index (χ1) is 14.9. The zero-order valence-electron chi connectivity index (χ0n) is 16.0. The van der Waals surface area contributed by atoms with Crippen LogP contribution in [0.3, 0.4) is 0 Å². The van der Waals surface area contributed by atoms with Gasteiger partial charge in [-0.2, -0.15) is 40.2 Å². The molecule has 17 heteroatoms. The molecule has 0 aromatic carbocycles. The molecule has 0 saturated carbocycles. The maximum atomic E-state index is 13.6. The smallest absolute Gasteiger partial charge is 0.455 e. The molecule has 3 heterocycles. The average Bonchev–Trinajstić information content (AvgIpc) is 3.05. The van der Waals surface area contributed by atoms with Gasteiger partial charge in [0.2, 0.25) is 0 Å². The van der Waals surface area contributed by atoms with Crippen molar-refractivity contribution in [1.82, 2.24) is 19.2 Å². The fourth-order valence-electron chi connectivity index (χ4n) is 2.72. The summed E-state index contributed by atoms with van der Waals surface area (Å²) >= 11 is 0. The van der Waals surface area contributed by atoms with E-state index in [2.05, 4.69) is 10.1 Å². The Morgan fingerprint density at radius 3 is 2.21 bits per heavy atom. The molecule has 3 aromatic rings. The Morgan fingerprint density at radius 2 is 1.67 bits per heavy atom. The number of hydrogen-bond acceptors (Lipinski definition) is 4. The lowest BCUT2D eigenvalue weighted by Gasteiger charge is -2.23. The van der Waals surface area contributed by atoms with Gasteiger partial charge in [-0.1, -0.05) is 0 Å². The first-order valence-corrected chi connectivity index (χ1v) is 8.56. The van der Waals surface area contributed by atoms with Gasteiger partial charge in [-0.05, 0) is 11.4 Å². The van der Waals surface area contributed by atoms with Crippen LogP contribution in [0.25, 0.3) is 16.8 Å². The number of ether oxygens (including phenoxy) is 1. The molecule has 0 unspecified atom stereocenters. The molecule has 3 aromatic heterocycles. The molecule has 0 N–H and O–H groups in total. The van der Waals surface area contributed by atoms with E-state index in [4.69, 9.17) is 28.3 Å². The van der Waals surface area contributed by atoms with E-state index in [1.54, 1.807) is 0 Å². The number of pyridine rings is 1. The van der Waals surface area contributed by atoms with Crippen LogP contribution in [0.15, 0.2) is 35.5 Å². The zero-order chi connectivity index (χ0) is 25.0. The number of alkyl halides is 8. The van der Waals surface area contributed by atoms with Crippen molar-refractivity contribution in [3.05, 3.63) is 46.8 Å². The Balaban J connectivity index is 2.15. The van der Waals surface area contributed by atoms with E-state index in [1.165, 1.54) is 0 Å². The molecule has 0 aliphatic carbocycles. The van der Waals surface area contributed by atoms with Crippen LogP contribution in [0.5, 0.6) is 5.75 Å². The van der Waals surface area contributed by atoms with Crippen molar-refractivity contribution in [2.75, 3.05) is 0 Å². The summed E-state index contributed by atoms with van der Waals surface area (Å²) in [6.07, 6.45) is -9.22. The first kappa shape index (κ1) is 24.6. The van der Waals surface area contributed by atoms with Gasteiger partial charge in [0.15, 0.2) is 5.69 Å². The third-order valence-electron chi connectivity index (χ3n) is 4.06. The van der Waals surface area contributed by atoms with Crippen LogP contribution in [0.1, 0.15) is 5.69 Å². The Labute approximate surface area is 182 Å². The molecule has 33 heavy (non-hydrogen) atoms. The number of halogens is 8. The Hall–Kier alpha value is -3.00. The minimum absolute atomic E-state index is 0.0670. The lowest BCUT2D eigenvalue weighted by Crippen LogP contribution is -2.40. The molecule has 0 aliphatic heterocycles. The summed E-state index contributed by atoms with van der Waals surface area (Å²) < 4.78 is 110. The molecule has 3 rings (SSSR count). The van der Waals surface area contributed by atoms with Crippen molar-refractivity contribution in [2.45, 2.75) is 30.1 Å². The van der Waals surface area contributed by atoms with Crippen molar-refractivity contribution in [1.29, 1.82) is 0 Å². The monoisotopic (exact) mass is 472 g/mol. The van der Waals surface area contributed by atoms with Crippen molar-refractivity contribution in [2.24, 2.45) is 0 Å². The molecule has 0 bridgehead atoms. The largest absolute Gasteiger partial charge is 0.516 e. The third-order valence-corrected chi connectivity index (χ3v) is 4.06. The molecule has 0 spiro atoms. The van der Waals surface area contributed by atoms with Crippen molar-refractivity contribution >= 4 is 29.2 Å². The molecule has 168 valence electrons. The van der Waals surface area contributed by atoms with E-state index < -0.39 is 58.1 Å². The average molecular weight is 472 g/mol. The van der Waals surface area contributed by atoms with Crippen molar-refractivity contribution < 1.29 is 39.9 Å². The van der Waals surface area contributed by atoms with Crippen LogP contribution in [-0.4, -0.2) is 60.1 Å². The van der Waals surface area contributed by atoms with Gasteiger partial charge in [0.25, 0.3) is 5.56 Å². The summed E-state index contributed by atoms with van der Waals surface area (Å²) in [4.78, 5) is 16.2. The van der Waals surface area contributed by atoms with Crippen LogP contribution in [0.2, 0.25) is 0 Å². The summed E-state index contributed by atoms with van der Waals surface area (Å²) in [5.74, 6) is -5.46. The van der Waals surface area contributed by atoms with Crippen LogP contribution >= 0.6 is 0 Å². The molecule has 0 atom stereocenters. The van der Waals surface area contributed by atoms with Crippen LogP contribution in [-0.2, 0) is 12.7 Å². The second-order valence-corrected chi connectivity index (χ2v) is 6.81. The second kappa shape index (κ2) is 7.80. The third kappa shape index (κ3) is 5.16. The van der Waals surface area contributed by atoms with Gasteiger partial charge in [0, 0.05) is 24.0 Å². The van der Waals surface area contributed by atoms with Crippen LogP contribution < -0.4 is 10.3 Å². The van der Waals surface area contributed by atoms with Crippen LogP contribution in [0, 0.1) is 0 Å². The maximum Gasteiger partial charge on any atom is 0.455 e. The summed E-state index contributed by atoms with van der Waals surface area (Å²) in [5, 5.41) is 1.03. The highest BCUT2D eigenvalue weighted by Gasteiger charge is 2.57. The molecule has 0 fully saturated rings. The topological polar surface area (TPSA) is 61.4 Å². The van der Waals surface area contributed by atoms with Gasteiger partial charge in [0.05, 0.1) is 11.8 Å². The van der Waals surface area contributed by atoms with Crippen molar-refractivity contribution in [3.63, 3.8) is 0 Å². The predicted molar refractivity (Wildman–Crippen MR) is 99.3 cm³/mol. The van der Waals surface area contributed by atoms with Gasteiger partial charge in [-0.25, -0.2) is 4.98 Å². The van der Waals surface area contributed by atoms with Gasteiger partial charge >= 0.3 is 18.3 Å². The zero-order valence-corrected chi connectivity index (χ0v) is 16.0. The Morgan fingerprint density at radius 1 is 1.03 bits per heavy atom. The highest BCUT2D eigenvalue weighted by molar-refractivity contribution is 6.58. The molecule has 0 aliphatic rings. The van der Waals surface area contributed by atoms with Gasteiger partial charge in [-0.3, -0.25) is 13.9 Å². The minimum atomic E-state index is -5.92. The second-order valence-electron chi connectivity index (χ2n) is 6.81. The number of nitrogens with zero attached hydrogens (tertiary/aromatic N) is 4. The Kier molecular flexibility index (Phi) is 5.82. The highest BCUT2D eigenvalue weighted by atomic mass is 19.4. The molecule has 0 saturated heterocycles. The number of fused-ring (bicyclic) bond motifs is 1. The fourth-order valence-corrected chi connectivity index (χ4v) is 2.72. The van der Waals surface area contributed by atoms with E-state index in [1.807, 2.05) is 0 Å². The fraction of sp³-hybridized carbons (Fsp3) is 0.312. The van der Waals surface area contributed by atoms with E-state index in [9.17, 15) is 39.9 Å². The lowest BCUT2D eigenvalue weighted by atomic mass is 9.52. The molecular formula is C16H7B3F8N4O2. The summed E-state index contributed by atoms with van der Waals surface area (Å²) in [7, 11) is 15.7. The van der Waals surface area contributed by atoms with E-state index in [0.717, 1.165) is 18.3 Å². The van der Waals surface area contributed by atoms with Crippen LogP contribution in [0.4, 0.5) is 35.1 Å². The van der Waals surface area contributed by atoms with Crippen molar-refractivity contribution in [3.8, 4) is 16.9 Å². The molecule has 0 amide bonds. The Bertz CT molecular complexity index is 1250.